The van der Waals surface area contributed by atoms with Gasteiger partial charge in [0.25, 0.3) is 0 Å². The Morgan fingerprint density at radius 1 is 0.895 bits per heavy atom. The van der Waals surface area contributed by atoms with E-state index in [0.717, 1.165) is 22.4 Å². The first-order chi connectivity index (χ1) is 27.8. The van der Waals surface area contributed by atoms with Gasteiger partial charge in [0.15, 0.2) is 5.82 Å². The van der Waals surface area contributed by atoms with Gasteiger partial charge in [0.05, 0.1) is 22.9 Å². The summed E-state index contributed by atoms with van der Waals surface area (Å²) in [6.07, 6.45) is 6.52. The summed E-state index contributed by atoms with van der Waals surface area (Å²) in [6, 6.07) is 18.7. The van der Waals surface area contributed by atoms with E-state index in [0.29, 0.717) is 63.1 Å². The number of carbonyl (C=O) groups excluding carboxylic acids is 2. The van der Waals surface area contributed by atoms with Gasteiger partial charge in [-0.25, -0.2) is 19.0 Å². The van der Waals surface area contributed by atoms with Crippen LogP contribution in [0.3, 0.4) is 0 Å². The Bertz CT molecular complexity index is 2490. The van der Waals surface area contributed by atoms with E-state index in [1.807, 2.05) is 54.6 Å². The molecule has 4 heterocycles. The number of anilines is 1. The molecule has 57 heavy (non-hydrogen) atoms. The summed E-state index contributed by atoms with van der Waals surface area (Å²) >= 11 is 19.5. The van der Waals surface area contributed by atoms with Crippen LogP contribution in [-0.2, 0) is 13.0 Å². The Hall–Kier alpha value is -6.37. The topological polar surface area (TPSA) is 223 Å². The molecule has 6 aromatic rings. The number of benzene rings is 3. The average molecular weight is 828 g/mol. The molecule has 21 heteroatoms. The molecular weight excluding hydrogens is 795 g/mol. The summed E-state index contributed by atoms with van der Waals surface area (Å²) in [5, 5.41) is 46.9. The smallest absolute Gasteiger partial charge is 0.320 e. The monoisotopic (exact) mass is 826 g/mol. The predicted octanol–water partition coefficient (Wildman–Crippen LogP) is 4.85. The molecule has 3 atom stereocenters. The lowest BCUT2D eigenvalue weighted by atomic mass is 10.0. The zero-order valence-corrected chi connectivity index (χ0v) is 32.0. The number of hydrogen-bond acceptors (Lipinski definition) is 11. The quantitative estimate of drug-likeness (QED) is 0.0727. The minimum atomic E-state index is -0.618. The maximum Gasteiger partial charge on any atom is 0.320 e. The second-order valence-electron chi connectivity index (χ2n) is 13.1. The highest BCUT2D eigenvalue weighted by Gasteiger charge is 2.33. The maximum atomic E-state index is 13.4. The number of halogens is 3. The molecule has 1 aliphatic heterocycles. The van der Waals surface area contributed by atoms with E-state index in [9.17, 15) is 9.59 Å². The Kier molecular flexibility index (Phi) is 11.1. The van der Waals surface area contributed by atoms with Crippen LogP contribution >= 0.6 is 34.8 Å². The van der Waals surface area contributed by atoms with E-state index in [1.54, 1.807) is 22.9 Å². The number of aliphatic imine (C=N–C) groups is 1. The van der Waals surface area contributed by atoms with Crippen molar-refractivity contribution < 1.29 is 9.59 Å². The summed E-state index contributed by atoms with van der Waals surface area (Å²) < 4.78 is 3.07. The number of amides is 4. The normalized spacial score (nSPS) is 17.1. The third kappa shape index (κ3) is 8.72. The first-order valence-corrected chi connectivity index (χ1v) is 18.9. The zero-order chi connectivity index (χ0) is 39.3. The van der Waals surface area contributed by atoms with Gasteiger partial charge in [-0.05, 0) is 98.8 Å². The fourth-order valence-corrected chi connectivity index (χ4v) is 7.37. The van der Waals surface area contributed by atoms with Crippen LogP contribution < -0.4 is 26.6 Å². The lowest BCUT2D eigenvalue weighted by Gasteiger charge is -2.21. The summed E-state index contributed by atoms with van der Waals surface area (Å²) in [4.78, 5) is 31.4. The summed E-state index contributed by atoms with van der Waals surface area (Å²) in [5.41, 5.74) is 4.87. The van der Waals surface area contributed by atoms with Crippen molar-refractivity contribution in [2.75, 3.05) is 11.9 Å². The van der Waals surface area contributed by atoms with Crippen molar-refractivity contribution in [2.24, 2.45) is 4.99 Å². The molecule has 290 valence electrons. The second kappa shape index (κ2) is 16.8. The molecule has 8 rings (SSSR count). The van der Waals surface area contributed by atoms with Crippen LogP contribution in [-0.4, -0.2) is 86.6 Å². The number of H-pyrrole nitrogens is 1. The molecule has 4 amide bonds. The molecule has 0 fully saturated rings. The number of hydrogen-bond donors (Lipinski definition) is 6. The number of aromatic nitrogens is 10. The van der Waals surface area contributed by atoms with Crippen LogP contribution in [0.2, 0.25) is 5.02 Å². The molecule has 0 saturated heterocycles. The first kappa shape index (κ1) is 37.5. The fraction of sp³-hybridized carbons (Fsp3) is 0.222. The van der Waals surface area contributed by atoms with Crippen LogP contribution in [0.1, 0.15) is 35.6 Å². The van der Waals surface area contributed by atoms with Crippen molar-refractivity contribution in [2.45, 2.75) is 43.4 Å². The maximum absolute atomic E-state index is 13.4. The van der Waals surface area contributed by atoms with Gasteiger partial charge in [-0.15, -0.1) is 10.2 Å². The number of rotatable bonds is 12. The Balaban J connectivity index is 0.952. The van der Waals surface area contributed by atoms with Gasteiger partial charge in [-0.2, -0.15) is 5.10 Å². The summed E-state index contributed by atoms with van der Waals surface area (Å²) in [6.45, 7) is 0.346. The molecule has 3 aromatic carbocycles. The van der Waals surface area contributed by atoms with Gasteiger partial charge in [0.1, 0.15) is 30.0 Å². The Labute approximate surface area is 339 Å². The van der Waals surface area contributed by atoms with Gasteiger partial charge < -0.3 is 21.3 Å². The van der Waals surface area contributed by atoms with Crippen LogP contribution in [0.4, 0.5) is 15.4 Å². The summed E-state index contributed by atoms with van der Waals surface area (Å²) in [7, 11) is 0. The molecule has 3 aromatic heterocycles. The number of amidine groups is 1. The van der Waals surface area contributed by atoms with E-state index in [4.69, 9.17) is 39.8 Å². The lowest BCUT2D eigenvalue weighted by Crippen LogP contribution is -2.50. The van der Waals surface area contributed by atoms with Crippen molar-refractivity contribution in [3.05, 3.63) is 118 Å². The van der Waals surface area contributed by atoms with Gasteiger partial charge in [0.2, 0.25) is 0 Å². The average Bonchev–Trinajstić information content (AvgIpc) is 4.06. The highest BCUT2D eigenvalue weighted by atomic mass is 35.5. The molecule has 0 saturated carbocycles. The molecule has 2 aliphatic rings. The zero-order valence-electron chi connectivity index (χ0n) is 29.8. The van der Waals surface area contributed by atoms with E-state index in [-0.39, 0.29) is 13.1 Å². The largest absolute Gasteiger partial charge is 0.354 e. The third-order valence-electron chi connectivity index (χ3n) is 9.36. The SMILES string of the molecule is O=C(NCC1=C(n2cnnn2)CCC(Cl)=C1)Nc1n[nH]c2cc(C3N=C([C@H](Cc4ccccc4)NC(=O)NCc4cc(Cl)ccc4-n4cnnn4)NC3Cl)ccc12. The Morgan fingerprint density at radius 2 is 1.68 bits per heavy atom. The van der Waals surface area contributed by atoms with Crippen molar-refractivity contribution >= 4 is 75.1 Å². The van der Waals surface area contributed by atoms with Crippen molar-refractivity contribution in [3.8, 4) is 5.69 Å². The molecule has 0 bridgehead atoms. The molecular formula is C36H33Cl3N16O2. The molecule has 0 radical (unpaired) electrons. The number of nitrogens with zero attached hydrogens (tertiary/aromatic N) is 10. The van der Waals surface area contributed by atoms with Gasteiger partial charge >= 0.3 is 12.1 Å². The highest BCUT2D eigenvalue weighted by molar-refractivity contribution is 6.30. The number of urea groups is 2. The molecule has 1 aliphatic carbocycles. The van der Waals surface area contributed by atoms with E-state index in [1.165, 1.54) is 17.3 Å². The number of carbonyl (C=O) groups is 2. The van der Waals surface area contributed by atoms with Crippen molar-refractivity contribution in [3.63, 3.8) is 0 Å². The number of tetrazole rings is 2. The summed E-state index contributed by atoms with van der Waals surface area (Å²) in [5.74, 6) is 0.866. The van der Waals surface area contributed by atoms with Gasteiger partial charge in [0, 0.05) is 28.5 Å². The van der Waals surface area contributed by atoms with E-state index < -0.39 is 29.6 Å². The lowest BCUT2D eigenvalue weighted by molar-refractivity contribution is 0.239. The molecule has 2 unspecified atom stereocenters. The minimum Gasteiger partial charge on any atom is -0.354 e. The standard InChI is InChI=1S/C36H33Cl3N16O2/c37-24-7-10-29(54-18-42-50-52-54)22(13-24)16-40-35(56)44-28(12-20-4-2-1-3-5-20)34-45-31(32(39)46-34)21-6-9-26-27(15-21)48-49-33(26)47-36(57)41-17-23-14-25(38)8-11-30(23)55-19-43-51-53-55/h1-7,9-10,13-15,18-19,28,31-32H,8,11-12,16-17H2,(H,45,46)(H2,40,44,56)(H3,41,47,48,49,57)/t28-,31?,32?/m0/s1. The van der Waals surface area contributed by atoms with E-state index >= 15 is 0 Å². The highest BCUT2D eigenvalue weighted by Crippen LogP contribution is 2.33. The van der Waals surface area contributed by atoms with Crippen molar-refractivity contribution in [1.29, 1.82) is 0 Å². The third-order valence-corrected chi connectivity index (χ3v) is 10.2. The van der Waals surface area contributed by atoms with Gasteiger partial charge in [-0.1, -0.05) is 71.2 Å². The fourth-order valence-electron chi connectivity index (χ4n) is 6.63. The van der Waals surface area contributed by atoms with Crippen molar-refractivity contribution in [1.82, 2.24) is 71.9 Å². The van der Waals surface area contributed by atoms with Crippen LogP contribution in [0.25, 0.3) is 22.3 Å². The van der Waals surface area contributed by atoms with Gasteiger partial charge in [-0.3, -0.25) is 15.4 Å². The van der Waals surface area contributed by atoms with E-state index in [2.05, 4.69) is 67.8 Å². The molecule has 18 nitrogen and oxygen atoms in total. The number of allylic oxidation sites excluding steroid dienone is 2. The number of fused-ring (bicyclic) bond motifs is 1. The van der Waals surface area contributed by atoms with Crippen LogP contribution in [0.15, 0.2) is 101 Å². The van der Waals surface area contributed by atoms with Crippen LogP contribution in [0, 0.1) is 0 Å². The molecule has 6 N–H and O–H groups in total. The number of nitrogens with one attached hydrogen (secondary N) is 6. The minimum absolute atomic E-state index is 0.149. The number of aromatic amines is 1. The molecule has 0 spiro atoms. The Morgan fingerprint density at radius 3 is 2.47 bits per heavy atom. The number of alkyl halides is 1. The predicted molar refractivity (Wildman–Crippen MR) is 214 cm³/mol. The second-order valence-corrected chi connectivity index (χ2v) is 14.5. The van der Waals surface area contributed by atoms with Crippen LogP contribution in [0.5, 0.6) is 0 Å². The first-order valence-electron chi connectivity index (χ1n) is 17.7.